The maximum atomic E-state index is 4.30. The fraction of sp³-hybridized carbons (Fsp3) is 0.167. The SMILES string of the molecule is CC[CH]c1ccnc2ccccc12. The summed E-state index contributed by atoms with van der Waals surface area (Å²) in [6, 6.07) is 10.3. The Hall–Kier alpha value is -1.37. The van der Waals surface area contributed by atoms with E-state index in [4.69, 9.17) is 0 Å². The molecule has 2 rings (SSSR count). The number of para-hydroxylation sites is 1. The molecule has 0 N–H and O–H groups in total. The fourth-order valence-corrected chi connectivity index (χ4v) is 1.52. The minimum absolute atomic E-state index is 1.06. The summed E-state index contributed by atoms with van der Waals surface area (Å²) in [5.74, 6) is 0. The normalized spacial score (nSPS) is 10.5. The lowest BCUT2D eigenvalue weighted by molar-refractivity contribution is 1.12. The first-order valence-corrected chi connectivity index (χ1v) is 4.59. The molecule has 65 valence electrons. The summed E-state index contributed by atoms with van der Waals surface area (Å²) < 4.78 is 0. The van der Waals surface area contributed by atoms with Gasteiger partial charge < -0.3 is 0 Å². The lowest BCUT2D eigenvalue weighted by Crippen LogP contribution is -1.85. The molecule has 1 heterocycles. The van der Waals surface area contributed by atoms with Crippen LogP contribution in [0.25, 0.3) is 10.9 Å². The van der Waals surface area contributed by atoms with E-state index in [-0.39, 0.29) is 0 Å². The predicted molar refractivity (Wildman–Crippen MR) is 55.4 cm³/mol. The van der Waals surface area contributed by atoms with E-state index >= 15 is 0 Å². The molecule has 1 aromatic carbocycles. The van der Waals surface area contributed by atoms with Crippen molar-refractivity contribution >= 4 is 10.9 Å². The number of hydrogen-bond donors (Lipinski definition) is 0. The van der Waals surface area contributed by atoms with Crippen molar-refractivity contribution in [1.82, 2.24) is 4.98 Å². The number of hydrogen-bond acceptors (Lipinski definition) is 1. The molecule has 0 unspecified atom stereocenters. The second-order valence-corrected chi connectivity index (χ2v) is 3.03. The third kappa shape index (κ3) is 1.55. The molecular weight excluding hydrogens is 158 g/mol. The number of aromatic nitrogens is 1. The molecular formula is C12H12N. The molecule has 1 heteroatoms. The highest BCUT2D eigenvalue weighted by Gasteiger charge is 1.98. The van der Waals surface area contributed by atoms with Crippen molar-refractivity contribution < 1.29 is 0 Å². The molecule has 1 nitrogen and oxygen atoms in total. The van der Waals surface area contributed by atoms with Crippen molar-refractivity contribution in [3.8, 4) is 0 Å². The summed E-state index contributed by atoms with van der Waals surface area (Å²) in [6.07, 6.45) is 5.15. The molecule has 0 spiro atoms. The van der Waals surface area contributed by atoms with Crippen LogP contribution < -0.4 is 0 Å². The molecule has 0 saturated carbocycles. The van der Waals surface area contributed by atoms with Gasteiger partial charge in [0.2, 0.25) is 0 Å². The quantitative estimate of drug-likeness (QED) is 0.674. The number of fused-ring (bicyclic) bond motifs is 1. The van der Waals surface area contributed by atoms with Gasteiger partial charge in [-0.2, -0.15) is 0 Å². The van der Waals surface area contributed by atoms with Gasteiger partial charge in [0, 0.05) is 11.6 Å². The van der Waals surface area contributed by atoms with Gasteiger partial charge in [-0.1, -0.05) is 25.1 Å². The van der Waals surface area contributed by atoms with E-state index in [9.17, 15) is 0 Å². The Labute approximate surface area is 78.4 Å². The highest BCUT2D eigenvalue weighted by atomic mass is 14.6. The molecule has 1 radical (unpaired) electrons. The van der Waals surface area contributed by atoms with Crippen LogP contribution in [0.4, 0.5) is 0 Å². The fourth-order valence-electron chi connectivity index (χ4n) is 1.52. The summed E-state index contributed by atoms with van der Waals surface area (Å²) in [7, 11) is 0. The lowest BCUT2D eigenvalue weighted by atomic mass is 10.1. The standard InChI is InChI=1S/C12H12N/c1-2-5-10-8-9-13-12-7-4-3-6-11(10)12/h3-9H,2H2,1H3. The van der Waals surface area contributed by atoms with E-state index in [0.717, 1.165) is 11.9 Å². The number of pyridine rings is 1. The summed E-state index contributed by atoms with van der Waals surface area (Å²) in [6.45, 7) is 2.15. The van der Waals surface area contributed by atoms with Crippen molar-refractivity contribution in [2.45, 2.75) is 13.3 Å². The Kier molecular flexibility index (Phi) is 2.26. The van der Waals surface area contributed by atoms with Gasteiger partial charge in [-0.25, -0.2) is 0 Å². The molecule has 0 atom stereocenters. The van der Waals surface area contributed by atoms with Crippen LogP contribution in [0.15, 0.2) is 36.5 Å². The van der Waals surface area contributed by atoms with Crippen LogP contribution in [0.5, 0.6) is 0 Å². The van der Waals surface area contributed by atoms with Crippen LogP contribution in [0.3, 0.4) is 0 Å². The molecule has 0 saturated heterocycles. The summed E-state index contributed by atoms with van der Waals surface area (Å²) in [5, 5.41) is 1.24. The Bertz CT molecular complexity index is 401. The molecule has 13 heavy (non-hydrogen) atoms. The summed E-state index contributed by atoms with van der Waals surface area (Å²) in [5.41, 5.74) is 2.36. The molecule has 0 amide bonds. The van der Waals surface area contributed by atoms with E-state index in [2.05, 4.69) is 36.5 Å². The molecule has 1 aromatic heterocycles. The minimum atomic E-state index is 1.06. The Morgan fingerprint density at radius 2 is 2.08 bits per heavy atom. The second-order valence-electron chi connectivity index (χ2n) is 3.03. The smallest absolute Gasteiger partial charge is 0.0704 e. The van der Waals surface area contributed by atoms with Crippen molar-refractivity contribution in [2.24, 2.45) is 0 Å². The zero-order chi connectivity index (χ0) is 9.10. The van der Waals surface area contributed by atoms with E-state index in [0.29, 0.717) is 0 Å². The number of rotatable bonds is 2. The molecule has 0 aliphatic rings. The largest absolute Gasteiger partial charge is 0.256 e. The number of nitrogens with zero attached hydrogens (tertiary/aromatic N) is 1. The van der Waals surface area contributed by atoms with Crippen molar-refractivity contribution in [1.29, 1.82) is 0 Å². The van der Waals surface area contributed by atoms with Gasteiger partial charge in [-0.05, 0) is 30.5 Å². The van der Waals surface area contributed by atoms with Crippen molar-refractivity contribution in [3.63, 3.8) is 0 Å². The highest BCUT2D eigenvalue weighted by Crippen LogP contribution is 2.18. The zero-order valence-electron chi connectivity index (χ0n) is 7.70. The average Bonchev–Trinajstić information content (AvgIpc) is 2.19. The van der Waals surface area contributed by atoms with Gasteiger partial charge in [-0.3, -0.25) is 4.98 Å². The molecule has 0 aliphatic carbocycles. The first-order chi connectivity index (χ1) is 6.42. The highest BCUT2D eigenvalue weighted by molar-refractivity contribution is 5.82. The van der Waals surface area contributed by atoms with Crippen LogP contribution in [0, 0.1) is 6.42 Å². The minimum Gasteiger partial charge on any atom is -0.256 e. The monoisotopic (exact) mass is 170 g/mol. The number of benzene rings is 1. The zero-order valence-corrected chi connectivity index (χ0v) is 7.70. The van der Waals surface area contributed by atoms with Gasteiger partial charge in [-0.15, -0.1) is 0 Å². The predicted octanol–water partition coefficient (Wildman–Crippen LogP) is 3.20. The van der Waals surface area contributed by atoms with Crippen LogP contribution in [0.1, 0.15) is 18.9 Å². The topological polar surface area (TPSA) is 12.9 Å². The Morgan fingerprint density at radius 3 is 2.92 bits per heavy atom. The van der Waals surface area contributed by atoms with Crippen LogP contribution >= 0.6 is 0 Å². The second kappa shape index (κ2) is 3.56. The van der Waals surface area contributed by atoms with E-state index < -0.39 is 0 Å². The first kappa shape index (κ1) is 8.24. The Morgan fingerprint density at radius 1 is 1.23 bits per heavy atom. The van der Waals surface area contributed by atoms with Crippen molar-refractivity contribution in [2.75, 3.05) is 0 Å². The van der Waals surface area contributed by atoms with E-state index in [1.54, 1.807) is 0 Å². The van der Waals surface area contributed by atoms with Crippen LogP contribution in [0.2, 0.25) is 0 Å². The van der Waals surface area contributed by atoms with Gasteiger partial charge in [0.05, 0.1) is 5.52 Å². The molecule has 2 aromatic rings. The molecule has 0 fully saturated rings. The lowest BCUT2D eigenvalue weighted by Gasteiger charge is -2.02. The van der Waals surface area contributed by atoms with E-state index in [1.807, 2.05) is 18.3 Å². The Balaban J connectivity index is 2.61. The third-order valence-corrected chi connectivity index (χ3v) is 2.11. The van der Waals surface area contributed by atoms with Crippen LogP contribution in [-0.4, -0.2) is 4.98 Å². The van der Waals surface area contributed by atoms with Gasteiger partial charge in [0.15, 0.2) is 0 Å². The van der Waals surface area contributed by atoms with E-state index in [1.165, 1.54) is 10.9 Å². The average molecular weight is 170 g/mol. The van der Waals surface area contributed by atoms with Crippen LogP contribution in [-0.2, 0) is 0 Å². The first-order valence-electron chi connectivity index (χ1n) is 4.59. The van der Waals surface area contributed by atoms with Crippen molar-refractivity contribution in [3.05, 3.63) is 48.5 Å². The maximum absolute atomic E-state index is 4.30. The third-order valence-electron chi connectivity index (χ3n) is 2.11. The van der Waals surface area contributed by atoms with Gasteiger partial charge in [0.25, 0.3) is 0 Å². The molecule has 0 bridgehead atoms. The summed E-state index contributed by atoms with van der Waals surface area (Å²) in [4.78, 5) is 4.30. The van der Waals surface area contributed by atoms with Gasteiger partial charge in [0.1, 0.15) is 0 Å². The van der Waals surface area contributed by atoms with Gasteiger partial charge >= 0.3 is 0 Å². The summed E-state index contributed by atoms with van der Waals surface area (Å²) >= 11 is 0. The maximum Gasteiger partial charge on any atom is 0.0704 e. The molecule has 0 aliphatic heterocycles.